The van der Waals surface area contributed by atoms with Gasteiger partial charge in [0, 0.05) is 18.5 Å². The van der Waals surface area contributed by atoms with Crippen LogP contribution in [0, 0.1) is 12.7 Å². The van der Waals surface area contributed by atoms with Gasteiger partial charge in [-0.1, -0.05) is 37.3 Å². The standard InChI is InChI=1S/C21H21FN2O2/c1-3-15-8-6-7-14(2)21(15)24-19(25)11-12-20-23-13-18(26-20)16-9-4-5-10-17(16)22/h4-10,13H,3,11-12H2,1-2H3,(H,24,25). The molecule has 0 saturated carbocycles. The van der Waals surface area contributed by atoms with Crippen molar-refractivity contribution in [3.05, 3.63) is 71.5 Å². The molecular formula is C21H21FN2O2. The van der Waals surface area contributed by atoms with E-state index in [1.54, 1.807) is 18.2 Å². The van der Waals surface area contributed by atoms with E-state index in [0.29, 0.717) is 23.6 Å². The van der Waals surface area contributed by atoms with E-state index in [0.717, 1.165) is 23.2 Å². The Kier molecular flexibility index (Phi) is 5.46. The Morgan fingerprint density at radius 2 is 2.00 bits per heavy atom. The zero-order valence-corrected chi connectivity index (χ0v) is 14.9. The molecule has 1 aromatic heterocycles. The van der Waals surface area contributed by atoms with Crippen LogP contribution in [0.3, 0.4) is 0 Å². The van der Waals surface area contributed by atoms with Crippen molar-refractivity contribution in [3.8, 4) is 11.3 Å². The van der Waals surface area contributed by atoms with Crippen LogP contribution >= 0.6 is 0 Å². The van der Waals surface area contributed by atoms with Crippen LogP contribution in [0.15, 0.2) is 53.1 Å². The number of nitrogens with one attached hydrogen (secondary N) is 1. The molecule has 0 saturated heterocycles. The number of carbonyl (C=O) groups excluding carboxylic acids is 1. The number of oxazole rings is 1. The molecule has 5 heteroatoms. The van der Waals surface area contributed by atoms with Gasteiger partial charge < -0.3 is 9.73 Å². The van der Waals surface area contributed by atoms with E-state index in [2.05, 4.69) is 17.2 Å². The number of halogens is 1. The number of aryl methyl sites for hydroxylation is 3. The Morgan fingerprint density at radius 1 is 1.19 bits per heavy atom. The maximum atomic E-state index is 13.8. The number of hydrogen-bond donors (Lipinski definition) is 1. The molecule has 0 aliphatic heterocycles. The molecular weight excluding hydrogens is 331 g/mol. The van der Waals surface area contributed by atoms with Gasteiger partial charge in [0.25, 0.3) is 0 Å². The molecule has 0 aliphatic carbocycles. The smallest absolute Gasteiger partial charge is 0.224 e. The van der Waals surface area contributed by atoms with Crippen LogP contribution in [0.25, 0.3) is 11.3 Å². The molecule has 4 nitrogen and oxygen atoms in total. The second kappa shape index (κ2) is 7.95. The first-order valence-electron chi connectivity index (χ1n) is 8.66. The van der Waals surface area contributed by atoms with Gasteiger partial charge in [-0.05, 0) is 36.6 Å². The first-order chi connectivity index (χ1) is 12.6. The molecule has 2 aromatic carbocycles. The molecule has 1 heterocycles. The normalized spacial score (nSPS) is 10.7. The van der Waals surface area contributed by atoms with Crippen LogP contribution in [0.2, 0.25) is 0 Å². The van der Waals surface area contributed by atoms with E-state index < -0.39 is 0 Å². The summed E-state index contributed by atoms with van der Waals surface area (Å²) < 4.78 is 19.4. The molecule has 1 amide bonds. The Balaban J connectivity index is 1.63. The molecule has 26 heavy (non-hydrogen) atoms. The second-order valence-corrected chi connectivity index (χ2v) is 6.11. The number of rotatable bonds is 6. The quantitative estimate of drug-likeness (QED) is 0.685. The van der Waals surface area contributed by atoms with Crippen molar-refractivity contribution >= 4 is 11.6 Å². The highest BCUT2D eigenvalue weighted by atomic mass is 19.1. The van der Waals surface area contributed by atoms with Crippen LogP contribution in [-0.2, 0) is 17.6 Å². The van der Waals surface area contributed by atoms with Gasteiger partial charge in [-0.3, -0.25) is 4.79 Å². The number of hydrogen-bond acceptors (Lipinski definition) is 3. The first-order valence-corrected chi connectivity index (χ1v) is 8.66. The summed E-state index contributed by atoms with van der Waals surface area (Å²) in [5, 5.41) is 2.98. The van der Waals surface area contributed by atoms with Gasteiger partial charge in [0.15, 0.2) is 11.7 Å². The predicted octanol–water partition coefficient (Wildman–Crippen LogP) is 4.92. The van der Waals surface area contributed by atoms with Crippen LogP contribution in [0.1, 0.15) is 30.4 Å². The highest BCUT2D eigenvalue weighted by molar-refractivity contribution is 5.92. The van der Waals surface area contributed by atoms with Crippen molar-refractivity contribution < 1.29 is 13.6 Å². The van der Waals surface area contributed by atoms with Crippen LogP contribution < -0.4 is 5.32 Å². The summed E-state index contributed by atoms with van der Waals surface area (Å²) in [5.41, 5.74) is 3.38. The SMILES string of the molecule is CCc1cccc(C)c1NC(=O)CCc1ncc(-c2ccccc2F)o1. The van der Waals surface area contributed by atoms with Crippen molar-refractivity contribution in [2.75, 3.05) is 5.32 Å². The zero-order valence-electron chi connectivity index (χ0n) is 14.9. The molecule has 0 unspecified atom stereocenters. The van der Waals surface area contributed by atoms with Crippen LogP contribution in [0.4, 0.5) is 10.1 Å². The lowest BCUT2D eigenvalue weighted by molar-refractivity contribution is -0.116. The van der Waals surface area contributed by atoms with Gasteiger partial charge in [0.2, 0.25) is 5.91 Å². The summed E-state index contributed by atoms with van der Waals surface area (Å²) in [6.07, 6.45) is 2.94. The van der Waals surface area contributed by atoms with Crippen molar-refractivity contribution in [3.63, 3.8) is 0 Å². The molecule has 1 N–H and O–H groups in total. The van der Waals surface area contributed by atoms with Crippen LogP contribution in [-0.4, -0.2) is 10.9 Å². The lowest BCUT2D eigenvalue weighted by Gasteiger charge is -2.12. The predicted molar refractivity (Wildman–Crippen MR) is 99.4 cm³/mol. The third-order valence-electron chi connectivity index (χ3n) is 4.26. The van der Waals surface area contributed by atoms with E-state index in [1.807, 2.05) is 25.1 Å². The number of anilines is 1. The molecule has 0 atom stereocenters. The topological polar surface area (TPSA) is 55.1 Å². The maximum Gasteiger partial charge on any atom is 0.224 e. The molecule has 3 rings (SSSR count). The number of amides is 1. The number of aromatic nitrogens is 1. The van der Waals surface area contributed by atoms with E-state index in [1.165, 1.54) is 12.3 Å². The molecule has 0 aliphatic rings. The molecule has 134 valence electrons. The Morgan fingerprint density at radius 3 is 2.77 bits per heavy atom. The molecule has 0 spiro atoms. The highest BCUT2D eigenvalue weighted by Gasteiger charge is 2.13. The lowest BCUT2D eigenvalue weighted by Crippen LogP contribution is -2.14. The fourth-order valence-electron chi connectivity index (χ4n) is 2.84. The molecule has 0 bridgehead atoms. The second-order valence-electron chi connectivity index (χ2n) is 6.11. The fraction of sp³-hybridized carbons (Fsp3) is 0.238. The van der Waals surface area contributed by atoms with Gasteiger partial charge in [0.1, 0.15) is 5.82 Å². The van der Waals surface area contributed by atoms with Crippen molar-refractivity contribution in [2.45, 2.75) is 33.1 Å². The zero-order chi connectivity index (χ0) is 18.5. The Labute approximate surface area is 152 Å². The first kappa shape index (κ1) is 17.9. The Bertz CT molecular complexity index is 918. The third-order valence-corrected chi connectivity index (χ3v) is 4.26. The minimum Gasteiger partial charge on any atom is -0.441 e. The monoisotopic (exact) mass is 352 g/mol. The number of carbonyl (C=O) groups is 1. The fourth-order valence-corrected chi connectivity index (χ4v) is 2.84. The van der Waals surface area contributed by atoms with E-state index in [9.17, 15) is 9.18 Å². The molecule has 0 radical (unpaired) electrons. The Hall–Kier alpha value is -2.95. The summed E-state index contributed by atoms with van der Waals surface area (Å²) in [5.74, 6) is 0.323. The van der Waals surface area contributed by atoms with Crippen LogP contribution in [0.5, 0.6) is 0 Å². The van der Waals surface area contributed by atoms with Gasteiger partial charge in [-0.2, -0.15) is 0 Å². The largest absolute Gasteiger partial charge is 0.441 e. The highest BCUT2D eigenvalue weighted by Crippen LogP contribution is 2.24. The summed E-state index contributed by atoms with van der Waals surface area (Å²) in [6, 6.07) is 12.3. The van der Waals surface area contributed by atoms with Gasteiger partial charge in [-0.15, -0.1) is 0 Å². The van der Waals surface area contributed by atoms with E-state index in [4.69, 9.17) is 4.42 Å². The third kappa shape index (κ3) is 3.99. The van der Waals surface area contributed by atoms with Gasteiger partial charge in [-0.25, -0.2) is 9.37 Å². The molecule has 0 fully saturated rings. The van der Waals surface area contributed by atoms with Crippen molar-refractivity contribution in [1.82, 2.24) is 4.98 Å². The summed E-state index contributed by atoms with van der Waals surface area (Å²) in [6.45, 7) is 4.03. The average molecular weight is 352 g/mol. The van der Waals surface area contributed by atoms with Gasteiger partial charge in [0.05, 0.1) is 11.8 Å². The summed E-state index contributed by atoms with van der Waals surface area (Å²) in [7, 11) is 0. The minimum atomic E-state index is -0.361. The van der Waals surface area contributed by atoms with E-state index >= 15 is 0 Å². The average Bonchev–Trinajstić information content (AvgIpc) is 3.11. The minimum absolute atomic E-state index is 0.0976. The summed E-state index contributed by atoms with van der Waals surface area (Å²) in [4.78, 5) is 16.4. The maximum absolute atomic E-state index is 13.8. The lowest BCUT2D eigenvalue weighted by atomic mass is 10.1. The van der Waals surface area contributed by atoms with Crippen molar-refractivity contribution in [1.29, 1.82) is 0 Å². The van der Waals surface area contributed by atoms with E-state index in [-0.39, 0.29) is 18.1 Å². The van der Waals surface area contributed by atoms with Crippen molar-refractivity contribution in [2.24, 2.45) is 0 Å². The summed E-state index contributed by atoms with van der Waals surface area (Å²) >= 11 is 0. The number of benzene rings is 2. The van der Waals surface area contributed by atoms with Gasteiger partial charge >= 0.3 is 0 Å². The number of para-hydroxylation sites is 1. The number of nitrogens with zero attached hydrogens (tertiary/aromatic N) is 1. The molecule has 3 aromatic rings.